The van der Waals surface area contributed by atoms with Gasteiger partial charge in [0, 0.05) is 67.8 Å². The highest BCUT2D eigenvalue weighted by atomic mass is 79.9. The van der Waals surface area contributed by atoms with Crippen molar-refractivity contribution >= 4 is 50.6 Å². The van der Waals surface area contributed by atoms with Gasteiger partial charge in [-0.2, -0.15) is 0 Å². The Bertz CT molecular complexity index is 2410. The molecule has 0 radical (unpaired) electrons. The monoisotopic (exact) mass is 748 g/mol. The molecule has 0 amide bonds. The van der Waals surface area contributed by atoms with Crippen LogP contribution in [0, 0.1) is 0 Å². The molecule has 2 aliphatic rings. The van der Waals surface area contributed by atoms with E-state index in [1.54, 1.807) is 49.4 Å². The van der Waals surface area contributed by atoms with Crippen LogP contribution in [0.3, 0.4) is 0 Å². The maximum atomic E-state index is 8.81. The summed E-state index contributed by atoms with van der Waals surface area (Å²) in [5.41, 5.74) is 8.47. The molecule has 6 aromatic heterocycles. The van der Waals surface area contributed by atoms with E-state index in [0.717, 1.165) is 71.4 Å². The highest BCUT2D eigenvalue weighted by Crippen LogP contribution is 2.37. The van der Waals surface area contributed by atoms with Gasteiger partial charge in [0.25, 0.3) is 0 Å². The number of fused-ring (bicyclic) bond motifs is 4. The normalized spacial score (nSPS) is 12.1. The number of furan rings is 2. The lowest BCUT2D eigenvalue weighted by Gasteiger charge is -2.04. The second kappa shape index (κ2) is 14.5. The van der Waals surface area contributed by atoms with E-state index in [0.29, 0.717) is 17.0 Å². The molecule has 0 bridgehead atoms. The van der Waals surface area contributed by atoms with Gasteiger partial charge in [-0.1, -0.05) is 19.6 Å². The van der Waals surface area contributed by atoms with Crippen LogP contribution in [0.5, 0.6) is 23.0 Å². The summed E-state index contributed by atoms with van der Waals surface area (Å²) in [6.07, 6.45) is 14.3. The van der Waals surface area contributed by atoms with Crippen molar-refractivity contribution in [3.05, 3.63) is 115 Å². The van der Waals surface area contributed by atoms with Crippen molar-refractivity contribution in [1.29, 1.82) is 0 Å². The van der Waals surface area contributed by atoms with Gasteiger partial charge in [-0.25, -0.2) is 9.97 Å². The summed E-state index contributed by atoms with van der Waals surface area (Å²) in [6, 6.07) is 18.7. The van der Waals surface area contributed by atoms with Crippen molar-refractivity contribution in [2.24, 2.45) is 0 Å². The maximum absolute atomic E-state index is 8.81. The lowest BCUT2D eigenvalue weighted by molar-refractivity contribution is 0.173. The van der Waals surface area contributed by atoms with E-state index >= 15 is 0 Å². The third-order valence-electron chi connectivity index (χ3n) is 8.09. The first kappa shape index (κ1) is 33.5. The topological polar surface area (TPSA) is 161 Å². The smallest absolute Gasteiger partial charge is 0.472 e. The Balaban J connectivity index is 0.000000126. The van der Waals surface area contributed by atoms with Crippen LogP contribution in [0.4, 0.5) is 0 Å². The number of rotatable bonds is 4. The molecule has 0 spiro atoms. The van der Waals surface area contributed by atoms with E-state index < -0.39 is 7.12 Å². The van der Waals surface area contributed by atoms with Crippen molar-refractivity contribution in [3.8, 4) is 56.4 Å². The van der Waals surface area contributed by atoms with Crippen molar-refractivity contribution in [2.75, 3.05) is 13.6 Å². The quantitative estimate of drug-likeness (QED) is 0.132. The molecular formula is C37H30BBrN4O8. The molecule has 10 rings (SSSR count). The molecule has 2 aromatic carbocycles. The number of aromatic nitrogens is 4. The average Bonchev–Trinajstić information content (AvgIpc) is 3.97. The van der Waals surface area contributed by atoms with Gasteiger partial charge in [0.05, 0.1) is 25.1 Å². The van der Waals surface area contributed by atoms with Gasteiger partial charge in [-0.05, 0) is 75.5 Å². The first-order chi connectivity index (χ1) is 24.5. The summed E-state index contributed by atoms with van der Waals surface area (Å²) in [6.45, 7) is 0.471. The van der Waals surface area contributed by atoms with Crippen molar-refractivity contribution in [2.45, 2.75) is 7.43 Å². The fourth-order valence-electron chi connectivity index (χ4n) is 5.60. The number of aromatic amines is 2. The molecule has 0 saturated carbocycles. The predicted molar refractivity (Wildman–Crippen MR) is 196 cm³/mol. The molecule has 8 heterocycles. The summed E-state index contributed by atoms with van der Waals surface area (Å²) < 4.78 is 32.1. The van der Waals surface area contributed by atoms with Crippen LogP contribution in [0.15, 0.2) is 124 Å². The standard InChI is InChI=1S/C18H12N2O3.C11H7BrN2O.C7H7BO4.CH4/c1-2-16-17(23-10-22-16)6-11(1)13-5-14-15(12-3-4-21-9-12)8-20-18(14)19-7-13;12-8-3-9-10(7-1-2-15-6-7)5-14-11(9)13-4-8;9-8(10)5-1-2-6-7(3-5)12-4-11-6;/h1-9H,10H2,(H,19,20);1-6H,(H,13,14);1-3,9-10H,4H2;1H4. The number of hydrogen-bond acceptors (Lipinski definition) is 10. The number of nitrogens with zero attached hydrogens (tertiary/aromatic N) is 2. The van der Waals surface area contributed by atoms with E-state index in [1.807, 2.05) is 55.0 Å². The molecule has 256 valence electrons. The SMILES string of the molecule is Brc1cnc2[nH]cc(-c3ccoc3)c2c1.C.OB(O)c1ccc2c(c1)OCO2.c1cc(-c2c[nH]c3ncc(-c4ccc5c(c4)OCO5)cc23)co1. The lowest BCUT2D eigenvalue weighted by Crippen LogP contribution is -2.29. The molecule has 0 aliphatic carbocycles. The molecule has 0 fully saturated rings. The number of hydrogen-bond donors (Lipinski definition) is 4. The fraction of sp³-hybridized carbons (Fsp3) is 0.0811. The zero-order valence-corrected chi connectivity index (χ0v) is 27.6. The molecule has 0 saturated heterocycles. The van der Waals surface area contributed by atoms with Gasteiger partial charge >= 0.3 is 7.12 Å². The Morgan fingerprint density at radius 1 is 0.608 bits per heavy atom. The minimum atomic E-state index is -1.46. The molecule has 2 aliphatic heterocycles. The van der Waals surface area contributed by atoms with E-state index in [2.05, 4.69) is 41.9 Å². The van der Waals surface area contributed by atoms with E-state index in [-0.39, 0.29) is 21.0 Å². The summed E-state index contributed by atoms with van der Waals surface area (Å²) in [4.78, 5) is 15.1. The van der Waals surface area contributed by atoms with E-state index in [4.69, 9.17) is 37.8 Å². The summed E-state index contributed by atoms with van der Waals surface area (Å²) in [5.74, 6) is 2.75. The van der Waals surface area contributed by atoms with Crippen LogP contribution in [-0.2, 0) is 0 Å². The van der Waals surface area contributed by atoms with Crippen LogP contribution < -0.4 is 24.4 Å². The predicted octanol–water partition coefficient (Wildman–Crippen LogP) is 7.54. The summed E-state index contributed by atoms with van der Waals surface area (Å²) >= 11 is 3.41. The average molecular weight is 749 g/mol. The molecule has 12 nitrogen and oxygen atoms in total. The van der Waals surface area contributed by atoms with Gasteiger partial charge < -0.3 is 47.8 Å². The zero-order valence-electron chi connectivity index (χ0n) is 26.0. The molecular weight excluding hydrogens is 719 g/mol. The Morgan fingerprint density at radius 3 is 1.78 bits per heavy atom. The minimum Gasteiger partial charge on any atom is -0.472 e. The number of benzene rings is 2. The van der Waals surface area contributed by atoms with Crippen LogP contribution >= 0.6 is 15.9 Å². The third-order valence-corrected chi connectivity index (χ3v) is 8.53. The third kappa shape index (κ3) is 6.92. The van der Waals surface area contributed by atoms with Gasteiger partial charge in [0.1, 0.15) is 11.3 Å². The van der Waals surface area contributed by atoms with Gasteiger partial charge in [0.15, 0.2) is 23.0 Å². The van der Waals surface area contributed by atoms with Gasteiger partial charge in [-0.15, -0.1) is 0 Å². The van der Waals surface area contributed by atoms with Crippen molar-refractivity contribution in [1.82, 2.24) is 19.9 Å². The summed E-state index contributed by atoms with van der Waals surface area (Å²) in [5, 5.41) is 19.8. The largest absolute Gasteiger partial charge is 0.488 e. The van der Waals surface area contributed by atoms with Crippen LogP contribution in [0.25, 0.3) is 55.4 Å². The Hall–Kier alpha value is -5.96. The van der Waals surface area contributed by atoms with E-state index in [1.165, 1.54) is 0 Å². The van der Waals surface area contributed by atoms with Crippen LogP contribution in [0.2, 0.25) is 0 Å². The molecule has 51 heavy (non-hydrogen) atoms. The zero-order chi connectivity index (χ0) is 34.0. The highest BCUT2D eigenvalue weighted by molar-refractivity contribution is 9.10. The first-order valence-electron chi connectivity index (χ1n) is 15.3. The Morgan fingerprint density at radius 2 is 1.18 bits per heavy atom. The molecule has 8 aromatic rings. The van der Waals surface area contributed by atoms with Crippen LogP contribution in [0.1, 0.15) is 7.43 Å². The van der Waals surface area contributed by atoms with Crippen molar-refractivity contribution in [3.63, 3.8) is 0 Å². The summed E-state index contributed by atoms with van der Waals surface area (Å²) in [7, 11) is -1.46. The van der Waals surface area contributed by atoms with Crippen molar-refractivity contribution < 1.29 is 37.8 Å². The number of ether oxygens (including phenoxy) is 4. The molecule has 14 heteroatoms. The number of halogens is 1. The molecule has 0 atom stereocenters. The lowest BCUT2D eigenvalue weighted by atomic mass is 9.80. The first-order valence-corrected chi connectivity index (χ1v) is 16.1. The number of H-pyrrole nitrogens is 2. The Labute approximate surface area is 299 Å². The number of pyridine rings is 2. The van der Waals surface area contributed by atoms with Crippen LogP contribution in [-0.4, -0.2) is 50.7 Å². The molecule has 0 unspecified atom stereocenters. The Kier molecular flexibility index (Phi) is 9.53. The van der Waals surface area contributed by atoms with Gasteiger partial charge in [0.2, 0.25) is 13.6 Å². The highest BCUT2D eigenvalue weighted by Gasteiger charge is 2.18. The van der Waals surface area contributed by atoms with E-state index in [9.17, 15) is 0 Å². The maximum Gasteiger partial charge on any atom is 0.488 e. The fourth-order valence-corrected chi connectivity index (χ4v) is 5.93. The molecule has 4 N–H and O–H groups in total. The minimum absolute atomic E-state index is 0. The van der Waals surface area contributed by atoms with Gasteiger partial charge in [-0.3, -0.25) is 0 Å². The second-order valence-corrected chi connectivity index (χ2v) is 12.1. The number of nitrogens with one attached hydrogen (secondary N) is 2. The second-order valence-electron chi connectivity index (χ2n) is 11.2.